The summed E-state index contributed by atoms with van der Waals surface area (Å²) in [6.07, 6.45) is 1.39. The largest absolute Gasteiger partial charge is 0.454 e. The van der Waals surface area contributed by atoms with E-state index in [1.165, 1.54) is 6.21 Å². The zero-order valence-electron chi connectivity index (χ0n) is 21.2. The molecule has 0 spiro atoms. The van der Waals surface area contributed by atoms with E-state index in [1.54, 1.807) is 36.4 Å². The Morgan fingerprint density at radius 1 is 0.952 bits per heavy atom. The number of hydrogen-bond acceptors (Lipinski definition) is 6. The van der Waals surface area contributed by atoms with Crippen LogP contribution in [0.2, 0.25) is 5.02 Å². The first-order valence-electron chi connectivity index (χ1n) is 12.3. The molecule has 0 radical (unpaired) electrons. The van der Waals surface area contributed by atoms with E-state index in [0.717, 1.165) is 15.4 Å². The van der Waals surface area contributed by atoms with E-state index >= 15 is 0 Å². The van der Waals surface area contributed by atoms with Crippen LogP contribution in [0.5, 0.6) is 17.2 Å². The average Bonchev–Trinajstić information content (AvgIpc) is 3.59. The number of hydrogen-bond donors (Lipinski definition) is 2. The summed E-state index contributed by atoms with van der Waals surface area (Å²) in [6.45, 7) is 0.0916. The highest BCUT2D eigenvalue weighted by Gasteiger charge is 2.22. The molecule has 12 heteroatoms. The number of H-pyrrole nitrogens is 1. The predicted octanol–water partition coefficient (Wildman–Crippen LogP) is 8.49. The van der Waals surface area contributed by atoms with E-state index in [-0.39, 0.29) is 18.1 Å². The van der Waals surface area contributed by atoms with Gasteiger partial charge in [0.15, 0.2) is 17.2 Å². The molecule has 0 saturated heterocycles. The summed E-state index contributed by atoms with van der Waals surface area (Å²) in [6, 6.07) is 21.2. The highest BCUT2D eigenvalue weighted by Crippen LogP contribution is 2.38. The van der Waals surface area contributed by atoms with Gasteiger partial charge in [-0.05, 0) is 70.5 Å². The number of nitrogens with one attached hydrogen (secondary N) is 2. The first kappa shape index (κ1) is 28.5. The molecule has 4 aromatic carbocycles. The number of fused-ring (bicyclic) bond motifs is 2. The number of halogens is 4. The minimum atomic E-state index is -0.608. The van der Waals surface area contributed by atoms with Gasteiger partial charge in [0, 0.05) is 41.6 Å². The summed E-state index contributed by atoms with van der Waals surface area (Å²) < 4.78 is 18.5. The standard InChI is InChI=1S/C30H17Br3ClN3O5/c31-17-6-7-23-20(11-17)26(19-3-1-2-4-22(19)34)27(36-23)29(38)37-35-13-16-9-18(32)12-21(33)28(16)42-30(39)15-5-8-24-25(10-15)41-14-40-24/h1-13,36H,14H2,(H,37,38). The Morgan fingerprint density at radius 3 is 2.60 bits per heavy atom. The van der Waals surface area contributed by atoms with Gasteiger partial charge >= 0.3 is 5.97 Å². The zero-order valence-corrected chi connectivity index (χ0v) is 26.7. The lowest BCUT2D eigenvalue weighted by Gasteiger charge is -2.11. The molecule has 42 heavy (non-hydrogen) atoms. The van der Waals surface area contributed by atoms with Crippen LogP contribution in [0.3, 0.4) is 0 Å². The summed E-state index contributed by atoms with van der Waals surface area (Å²) in [4.78, 5) is 29.6. The fourth-order valence-corrected chi connectivity index (χ4v) is 6.38. The third kappa shape index (κ3) is 5.69. The summed E-state index contributed by atoms with van der Waals surface area (Å²) in [5.41, 5.74) is 5.68. The molecule has 1 aromatic heterocycles. The predicted molar refractivity (Wildman–Crippen MR) is 171 cm³/mol. The van der Waals surface area contributed by atoms with Crippen molar-refractivity contribution in [2.45, 2.75) is 0 Å². The molecule has 1 aliphatic rings. The normalized spacial score (nSPS) is 12.2. The zero-order chi connectivity index (χ0) is 29.4. The first-order chi connectivity index (χ1) is 20.3. The van der Waals surface area contributed by atoms with Crippen molar-refractivity contribution in [2.75, 3.05) is 6.79 Å². The van der Waals surface area contributed by atoms with E-state index in [9.17, 15) is 9.59 Å². The number of carbonyl (C=O) groups excluding carboxylic acids is 2. The summed E-state index contributed by atoms with van der Waals surface area (Å²) in [7, 11) is 0. The quantitative estimate of drug-likeness (QED) is 0.0781. The van der Waals surface area contributed by atoms with Crippen LogP contribution in [0.1, 0.15) is 26.4 Å². The van der Waals surface area contributed by atoms with Crippen LogP contribution in [0.4, 0.5) is 0 Å². The van der Waals surface area contributed by atoms with Gasteiger partial charge in [-0.1, -0.05) is 61.7 Å². The molecule has 210 valence electrons. The number of benzene rings is 4. The fourth-order valence-electron chi connectivity index (χ4n) is 4.45. The second kappa shape index (κ2) is 11.9. The van der Waals surface area contributed by atoms with Crippen LogP contribution in [0.25, 0.3) is 22.0 Å². The van der Waals surface area contributed by atoms with Gasteiger partial charge in [-0.2, -0.15) is 5.10 Å². The molecule has 0 unspecified atom stereocenters. The van der Waals surface area contributed by atoms with Crippen LogP contribution in [0.15, 0.2) is 91.3 Å². The van der Waals surface area contributed by atoms with Crippen molar-refractivity contribution in [1.82, 2.24) is 10.4 Å². The fraction of sp³-hybridized carbons (Fsp3) is 0.0333. The number of ether oxygens (including phenoxy) is 3. The molecule has 0 bridgehead atoms. The first-order valence-corrected chi connectivity index (χ1v) is 15.0. The summed E-state index contributed by atoms with van der Waals surface area (Å²) >= 11 is 16.9. The molecule has 2 N–H and O–H groups in total. The third-order valence-corrected chi connectivity index (χ3v) is 8.21. The van der Waals surface area contributed by atoms with Gasteiger partial charge in [0.2, 0.25) is 6.79 Å². The molecule has 1 aliphatic heterocycles. The Hall–Kier alpha value is -3.64. The van der Waals surface area contributed by atoms with Gasteiger partial charge in [0.25, 0.3) is 5.91 Å². The Morgan fingerprint density at radius 2 is 1.76 bits per heavy atom. The van der Waals surface area contributed by atoms with Crippen LogP contribution in [0, 0.1) is 0 Å². The number of aromatic amines is 1. The Kier molecular flexibility index (Phi) is 8.09. The van der Waals surface area contributed by atoms with Gasteiger partial charge in [-0.15, -0.1) is 0 Å². The molecule has 0 fully saturated rings. The van der Waals surface area contributed by atoms with E-state index < -0.39 is 11.9 Å². The second-order valence-electron chi connectivity index (χ2n) is 9.01. The summed E-state index contributed by atoms with van der Waals surface area (Å²) in [5.74, 6) is 0.140. The van der Waals surface area contributed by atoms with E-state index in [1.807, 2.05) is 36.4 Å². The van der Waals surface area contributed by atoms with Gasteiger partial charge in [-0.3, -0.25) is 4.79 Å². The lowest BCUT2D eigenvalue weighted by molar-refractivity contribution is 0.0732. The van der Waals surface area contributed by atoms with Crippen LogP contribution in [-0.2, 0) is 0 Å². The average molecular weight is 775 g/mol. The number of rotatable bonds is 6. The van der Waals surface area contributed by atoms with Gasteiger partial charge in [0.1, 0.15) is 5.69 Å². The van der Waals surface area contributed by atoms with Crippen LogP contribution < -0.4 is 19.6 Å². The topological polar surface area (TPSA) is 102 Å². The van der Waals surface area contributed by atoms with Crippen molar-refractivity contribution in [2.24, 2.45) is 5.10 Å². The van der Waals surface area contributed by atoms with Crippen molar-refractivity contribution in [3.8, 4) is 28.4 Å². The maximum absolute atomic E-state index is 13.4. The molecule has 0 aliphatic carbocycles. The molecule has 5 aromatic rings. The van der Waals surface area contributed by atoms with E-state index in [0.29, 0.717) is 47.9 Å². The minimum absolute atomic E-state index is 0.0916. The van der Waals surface area contributed by atoms with Crippen LogP contribution >= 0.6 is 59.4 Å². The van der Waals surface area contributed by atoms with Crippen molar-refractivity contribution < 1.29 is 23.8 Å². The third-order valence-electron chi connectivity index (χ3n) is 6.34. The maximum Gasteiger partial charge on any atom is 0.343 e. The molecule has 0 saturated carbocycles. The maximum atomic E-state index is 13.4. The van der Waals surface area contributed by atoms with E-state index in [2.05, 4.69) is 63.3 Å². The highest BCUT2D eigenvalue weighted by atomic mass is 79.9. The molecular weight excluding hydrogens is 758 g/mol. The Labute approximate surface area is 269 Å². The van der Waals surface area contributed by atoms with E-state index in [4.69, 9.17) is 25.8 Å². The van der Waals surface area contributed by atoms with Gasteiger partial charge < -0.3 is 19.2 Å². The van der Waals surface area contributed by atoms with Crippen molar-refractivity contribution in [3.05, 3.63) is 108 Å². The lowest BCUT2D eigenvalue weighted by atomic mass is 10.0. The SMILES string of the molecule is O=C(Oc1c(Br)cc(Br)cc1C=NNC(=O)c1[nH]c2ccc(Br)cc2c1-c1ccccc1Cl)c1ccc2c(c1)OCO2. The van der Waals surface area contributed by atoms with Crippen molar-refractivity contribution in [3.63, 3.8) is 0 Å². The number of aromatic nitrogens is 1. The minimum Gasteiger partial charge on any atom is -0.454 e. The molecule has 1 amide bonds. The molecule has 6 rings (SSSR count). The monoisotopic (exact) mass is 771 g/mol. The van der Waals surface area contributed by atoms with Crippen molar-refractivity contribution in [1.29, 1.82) is 0 Å². The highest BCUT2D eigenvalue weighted by molar-refractivity contribution is 9.11. The number of hydrazone groups is 1. The van der Waals surface area contributed by atoms with Gasteiger partial charge in [-0.25, -0.2) is 10.2 Å². The number of amides is 1. The Bertz CT molecular complexity index is 1920. The molecular formula is C30H17Br3ClN3O5. The second-order valence-corrected chi connectivity index (χ2v) is 12.1. The smallest absolute Gasteiger partial charge is 0.343 e. The van der Waals surface area contributed by atoms with Crippen LogP contribution in [-0.4, -0.2) is 29.9 Å². The molecule has 8 nitrogen and oxygen atoms in total. The number of carbonyl (C=O) groups is 2. The molecule has 2 heterocycles. The number of nitrogens with zero attached hydrogens (tertiary/aromatic N) is 1. The Balaban J connectivity index is 1.29. The van der Waals surface area contributed by atoms with Gasteiger partial charge in [0.05, 0.1) is 16.3 Å². The number of esters is 1. The lowest BCUT2D eigenvalue weighted by Crippen LogP contribution is -2.19. The molecule has 0 atom stereocenters. The van der Waals surface area contributed by atoms with Crippen molar-refractivity contribution >= 4 is 88.4 Å². The summed E-state index contributed by atoms with van der Waals surface area (Å²) in [5, 5.41) is 5.50.